The molecule has 22 heavy (non-hydrogen) atoms. The van der Waals surface area contributed by atoms with Crippen LogP contribution in [0.2, 0.25) is 0 Å². The maximum absolute atomic E-state index is 11.8. The van der Waals surface area contributed by atoms with Gasteiger partial charge in [-0.05, 0) is 35.2 Å². The maximum Gasteiger partial charge on any atom is 0.235 e. The van der Waals surface area contributed by atoms with Crippen LogP contribution in [-0.4, -0.2) is 23.6 Å². The molecule has 2 aromatic carbocycles. The Hall–Kier alpha value is -2.01. The first-order chi connectivity index (χ1) is 10.6. The Balaban J connectivity index is 1.73. The zero-order chi connectivity index (χ0) is 15.5. The summed E-state index contributed by atoms with van der Waals surface area (Å²) >= 11 is 1.28. The normalized spacial score (nSPS) is 15.5. The molecule has 1 aliphatic rings. The van der Waals surface area contributed by atoms with Gasteiger partial charge >= 0.3 is 0 Å². The molecular weight excluding hydrogens is 296 g/mol. The number of hydrogen-bond acceptors (Lipinski definition) is 3. The number of carbonyl (C=O) groups is 2. The average Bonchev–Trinajstić information content (AvgIpc) is 3.31. The van der Waals surface area contributed by atoms with Crippen molar-refractivity contribution in [2.45, 2.75) is 24.1 Å². The lowest BCUT2D eigenvalue weighted by Gasteiger charge is -2.14. The second-order valence-electron chi connectivity index (χ2n) is 5.54. The molecule has 0 spiro atoms. The molecule has 1 aliphatic carbocycles. The van der Waals surface area contributed by atoms with E-state index in [9.17, 15) is 9.59 Å². The van der Waals surface area contributed by atoms with Crippen LogP contribution in [0.5, 0.6) is 0 Å². The van der Waals surface area contributed by atoms with Crippen molar-refractivity contribution < 1.29 is 9.59 Å². The van der Waals surface area contributed by atoms with Crippen LogP contribution in [0.4, 0.5) is 0 Å². The van der Waals surface area contributed by atoms with Crippen molar-refractivity contribution in [3.05, 3.63) is 48.0 Å². The van der Waals surface area contributed by atoms with E-state index in [0.29, 0.717) is 6.04 Å². The quantitative estimate of drug-likeness (QED) is 0.860. The van der Waals surface area contributed by atoms with Crippen LogP contribution in [0.1, 0.15) is 23.7 Å². The van der Waals surface area contributed by atoms with Crippen LogP contribution < -0.4 is 11.1 Å². The molecule has 0 heterocycles. The lowest BCUT2D eigenvalue weighted by atomic mass is 10.0. The molecule has 0 radical (unpaired) electrons. The molecule has 0 aromatic heterocycles. The first-order valence-electron chi connectivity index (χ1n) is 7.32. The predicted octanol–water partition coefficient (Wildman–Crippen LogP) is 2.38. The standard InChI is InChI=1S/C17H18N2O2S/c18-17(21)16(22-10-15(20)19-14-7-8-14)13-6-5-11-3-1-2-4-12(11)9-13/h1-6,9,14,16H,7-8,10H2,(H2,18,21)(H,19,20). The second-order valence-corrected chi connectivity index (χ2v) is 6.64. The van der Waals surface area contributed by atoms with Gasteiger partial charge in [-0.1, -0.05) is 36.4 Å². The van der Waals surface area contributed by atoms with Crippen LogP contribution in [0.25, 0.3) is 10.8 Å². The zero-order valence-electron chi connectivity index (χ0n) is 12.1. The van der Waals surface area contributed by atoms with Crippen molar-refractivity contribution in [2.75, 3.05) is 5.75 Å². The first-order valence-corrected chi connectivity index (χ1v) is 8.37. The molecule has 2 amide bonds. The van der Waals surface area contributed by atoms with Crippen LogP contribution in [0.15, 0.2) is 42.5 Å². The van der Waals surface area contributed by atoms with Crippen molar-refractivity contribution >= 4 is 34.3 Å². The molecule has 3 N–H and O–H groups in total. The van der Waals surface area contributed by atoms with Gasteiger partial charge in [-0.15, -0.1) is 11.8 Å². The third-order valence-corrected chi connectivity index (χ3v) is 4.92. The highest BCUT2D eigenvalue weighted by Gasteiger charge is 2.25. The fourth-order valence-corrected chi connectivity index (χ4v) is 3.27. The van der Waals surface area contributed by atoms with Crippen molar-refractivity contribution in [1.29, 1.82) is 0 Å². The number of carbonyl (C=O) groups excluding carboxylic acids is 2. The van der Waals surface area contributed by atoms with E-state index in [1.807, 2.05) is 42.5 Å². The number of amides is 2. The van der Waals surface area contributed by atoms with E-state index in [4.69, 9.17) is 5.73 Å². The van der Waals surface area contributed by atoms with Gasteiger partial charge in [0.2, 0.25) is 11.8 Å². The second kappa shape index (κ2) is 6.40. The minimum Gasteiger partial charge on any atom is -0.368 e. The van der Waals surface area contributed by atoms with E-state index in [1.54, 1.807) is 0 Å². The lowest BCUT2D eigenvalue weighted by molar-refractivity contribution is -0.118. The summed E-state index contributed by atoms with van der Waals surface area (Å²) < 4.78 is 0. The molecule has 0 bridgehead atoms. The van der Waals surface area contributed by atoms with Gasteiger partial charge in [0, 0.05) is 6.04 Å². The summed E-state index contributed by atoms with van der Waals surface area (Å²) in [5.41, 5.74) is 6.36. The highest BCUT2D eigenvalue weighted by Crippen LogP contribution is 2.31. The van der Waals surface area contributed by atoms with Crippen molar-refractivity contribution in [3.63, 3.8) is 0 Å². The summed E-state index contributed by atoms with van der Waals surface area (Å²) in [4.78, 5) is 23.5. The Labute approximate surface area is 133 Å². The number of thioether (sulfide) groups is 1. The van der Waals surface area contributed by atoms with E-state index in [-0.39, 0.29) is 11.7 Å². The van der Waals surface area contributed by atoms with Gasteiger partial charge in [-0.3, -0.25) is 9.59 Å². The fraction of sp³-hybridized carbons (Fsp3) is 0.294. The van der Waals surface area contributed by atoms with E-state index >= 15 is 0 Å². The van der Waals surface area contributed by atoms with Gasteiger partial charge in [0.1, 0.15) is 5.25 Å². The molecular formula is C17H18N2O2S. The summed E-state index contributed by atoms with van der Waals surface area (Å²) in [6.07, 6.45) is 2.11. The third-order valence-electron chi connectivity index (χ3n) is 3.66. The number of nitrogens with one attached hydrogen (secondary N) is 1. The van der Waals surface area contributed by atoms with Crippen LogP contribution >= 0.6 is 11.8 Å². The highest BCUT2D eigenvalue weighted by atomic mass is 32.2. The molecule has 1 unspecified atom stereocenters. The largest absolute Gasteiger partial charge is 0.368 e. The Morgan fingerprint density at radius 3 is 2.59 bits per heavy atom. The molecule has 114 valence electrons. The average molecular weight is 314 g/mol. The first kappa shape index (κ1) is 14.9. The molecule has 0 aliphatic heterocycles. The van der Waals surface area contributed by atoms with Gasteiger partial charge in [0.05, 0.1) is 5.75 Å². The Morgan fingerprint density at radius 2 is 1.91 bits per heavy atom. The van der Waals surface area contributed by atoms with Gasteiger partial charge in [0.25, 0.3) is 0 Å². The zero-order valence-corrected chi connectivity index (χ0v) is 12.9. The number of primary amides is 1. The molecule has 2 aromatic rings. The van der Waals surface area contributed by atoms with Crippen molar-refractivity contribution in [2.24, 2.45) is 5.73 Å². The van der Waals surface area contributed by atoms with E-state index < -0.39 is 11.2 Å². The summed E-state index contributed by atoms with van der Waals surface area (Å²) in [7, 11) is 0. The molecule has 1 saturated carbocycles. The lowest BCUT2D eigenvalue weighted by Crippen LogP contribution is -2.28. The minimum absolute atomic E-state index is 0.0282. The molecule has 1 atom stereocenters. The highest BCUT2D eigenvalue weighted by molar-refractivity contribution is 8.00. The number of rotatable bonds is 6. The Kier molecular flexibility index (Phi) is 4.34. The summed E-state index contributed by atoms with van der Waals surface area (Å²) in [6.45, 7) is 0. The summed E-state index contributed by atoms with van der Waals surface area (Å²) in [5, 5.41) is 4.59. The monoisotopic (exact) mass is 314 g/mol. The smallest absolute Gasteiger partial charge is 0.235 e. The molecule has 3 rings (SSSR count). The third kappa shape index (κ3) is 3.60. The van der Waals surface area contributed by atoms with Gasteiger partial charge in [0.15, 0.2) is 0 Å². The molecule has 1 fully saturated rings. The minimum atomic E-state index is -0.505. The van der Waals surface area contributed by atoms with E-state index in [0.717, 1.165) is 29.2 Å². The topological polar surface area (TPSA) is 72.2 Å². The number of fused-ring (bicyclic) bond motifs is 1. The van der Waals surface area contributed by atoms with Crippen LogP contribution in [0.3, 0.4) is 0 Å². The molecule has 4 nitrogen and oxygen atoms in total. The Bertz CT molecular complexity index is 713. The van der Waals surface area contributed by atoms with Gasteiger partial charge < -0.3 is 11.1 Å². The summed E-state index contributed by atoms with van der Waals surface area (Å²) in [6, 6.07) is 14.1. The number of nitrogens with two attached hydrogens (primary N) is 1. The van der Waals surface area contributed by atoms with Gasteiger partial charge in [-0.2, -0.15) is 0 Å². The number of benzene rings is 2. The molecule has 0 saturated heterocycles. The van der Waals surface area contributed by atoms with Crippen molar-refractivity contribution in [1.82, 2.24) is 5.32 Å². The fourth-order valence-electron chi connectivity index (χ4n) is 2.37. The predicted molar refractivity (Wildman–Crippen MR) is 89.5 cm³/mol. The van der Waals surface area contributed by atoms with Gasteiger partial charge in [-0.25, -0.2) is 0 Å². The van der Waals surface area contributed by atoms with Crippen molar-refractivity contribution in [3.8, 4) is 0 Å². The van der Waals surface area contributed by atoms with E-state index in [2.05, 4.69) is 5.32 Å². The SMILES string of the molecule is NC(=O)C(SCC(=O)NC1CC1)c1ccc2ccccc2c1. The van der Waals surface area contributed by atoms with Crippen LogP contribution in [-0.2, 0) is 9.59 Å². The maximum atomic E-state index is 11.8. The summed E-state index contributed by atoms with van der Waals surface area (Å²) in [5.74, 6) is -0.198. The van der Waals surface area contributed by atoms with Crippen LogP contribution in [0, 0.1) is 0 Å². The Morgan fingerprint density at radius 1 is 1.18 bits per heavy atom. The molecule has 5 heteroatoms. The number of hydrogen-bond donors (Lipinski definition) is 2. The van der Waals surface area contributed by atoms with E-state index in [1.165, 1.54) is 11.8 Å².